The van der Waals surface area contributed by atoms with Crippen LogP contribution in [0.2, 0.25) is 0 Å². The monoisotopic (exact) mass is 300 g/mol. The van der Waals surface area contributed by atoms with Gasteiger partial charge in [-0.3, -0.25) is 0 Å². The van der Waals surface area contributed by atoms with Gasteiger partial charge in [0.2, 0.25) is 10.0 Å². The number of likely N-dealkylation sites (N-methyl/N-ethyl adjacent to an activating group) is 1. The minimum absolute atomic E-state index is 0.103. The van der Waals surface area contributed by atoms with Gasteiger partial charge in [-0.05, 0) is 51.2 Å². The molecule has 1 aromatic rings. The molecule has 6 heteroatoms. The zero-order chi connectivity index (χ0) is 14.8. The summed E-state index contributed by atoms with van der Waals surface area (Å²) in [5, 5.41) is 0. The summed E-state index contributed by atoms with van der Waals surface area (Å²) in [6, 6.07) is 4.89. The van der Waals surface area contributed by atoms with Gasteiger partial charge in [-0.25, -0.2) is 17.5 Å². The van der Waals surface area contributed by atoms with Gasteiger partial charge in [-0.1, -0.05) is 12.8 Å². The molecule has 1 aliphatic rings. The summed E-state index contributed by atoms with van der Waals surface area (Å²) in [6.07, 6.45) is 4.23. The Morgan fingerprint density at radius 3 is 2.25 bits per heavy atom. The van der Waals surface area contributed by atoms with Crippen LogP contribution in [0.5, 0.6) is 0 Å². The quantitative estimate of drug-likeness (QED) is 0.904. The van der Waals surface area contributed by atoms with E-state index >= 15 is 0 Å². The first-order valence-corrected chi connectivity index (χ1v) is 8.27. The second-order valence-electron chi connectivity index (χ2n) is 5.60. The van der Waals surface area contributed by atoms with Crippen molar-refractivity contribution in [3.63, 3.8) is 0 Å². The molecule has 4 nitrogen and oxygen atoms in total. The molecule has 20 heavy (non-hydrogen) atoms. The fourth-order valence-corrected chi connectivity index (χ4v) is 3.86. The van der Waals surface area contributed by atoms with Crippen LogP contribution < -0.4 is 4.72 Å². The lowest BCUT2D eigenvalue weighted by atomic mass is 9.97. The third-order valence-electron chi connectivity index (χ3n) is 4.20. The third kappa shape index (κ3) is 3.19. The normalized spacial score (nSPS) is 18.6. The van der Waals surface area contributed by atoms with E-state index in [1.54, 1.807) is 0 Å². The molecule has 1 fully saturated rings. The lowest BCUT2D eigenvalue weighted by Gasteiger charge is -2.36. The third-order valence-corrected chi connectivity index (χ3v) is 5.62. The van der Waals surface area contributed by atoms with Crippen LogP contribution in [0.15, 0.2) is 29.2 Å². The predicted molar refractivity (Wildman–Crippen MR) is 76.5 cm³/mol. The van der Waals surface area contributed by atoms with Crippen molar-refractivity contribution in [2.75, 3.05) is 20.6 Å². The van der Waals surface area contributed by atoms with Gasteiger partial charge in [0.15, 0.2) is 0 Å². The summed E-state index contributed by atoms with van der Waals surface area (Å²) >= 11 is 0. The first-order valence-electron chi connectivity index (χ1n) is 6.78. The van der Waals surface area contributed by atoms with E-state index < -0.39 is 15.8 Å². The van der Waals surface area contributed by atoms with Crippen molar-refractivity contribution < 1.29 is 12.8 Å². The number of nitrogens with one attached hydrogen (secondary N) is 1. The highest BCUT2D eigenvalue weighted by Crippen LogP contribution is 2.33. The standard InChI is InChI=1S/C14H21FN2O2S/c1-17(2)14(9-3-4-10-14)11-16-20(18,19)13-7-5-12(15)6-8-13/h5-8,16H,3-4,9-11H2,1-2H3. The molecule has 1 aliphatic carbocycles. The highest BCUT2D eigenvalue weighted by molar-refractivity contribution is 7.89. The van der Waals surface area contributed by atoms with Crippen molar-refractivity contribution >= 4 is 10.0 Å². The molecule has 1 aromatic carbocycles. The molecule has 0 saturated heterocycles. The number of hydrogen-bond donors (Lipinski definition) is 1. The summed E-state index contributed by atoms with van der Waals surface area (Å²) < 4.78 is 39.9. The van der Waals surface area contributed by atoms with Crippen LogP contribution in [0.1, 0.15) is 25.7 Å². The maximum Gasteiger partial charge on any atom is 0.240 e. The van der Waals surface area contributed by atoms with E-state index in [4.69, 9.17) is 0 Å². The van der Waals surface area contributed by atoms with Gasteiger partial charge < -0.3 is 4.90 Å². The van der Waals surface area contributed by atoms with Gasteiger partial charge in [0, 0.05) is 12.1 Å². The molecule has 0 spiro atoms. The van der Waals surface area contributed by atoms with Gasteiger partial charge in [-0.2, -0.15) is 0 Å². The molecule has 0 aliphatic heterocycles. The Kier molecular flexibility index (Phi) is 4.46. The lowest BCUT2D eigenvalue weighted by molar-refractivity contribution is 0.162. The zero-order valence-corrected chi connectivity index (χ0v) is 12.7. The number of sulfonamides is 1. The Bertz CT molecular complexity index is 549. The number of benzene rings is 1. The van der Waals surface area contributed by atoms with Crippen LogP contribution in [0.3, 0.4) is 0 Å². The van der Waals surface area contributed by atoms with Crippen molar-refractivity contribution in [2.24, 2.45) is 0 Å². The maximum atomic E-state index is 12.9. The molecule has 1 N–H and O–H groups in total. The minimum Gasteiger partial charge on any atom is -0.302 e. The first-order chi connectivity index (χ1) is 9.36. The Morgan fingerprint density at radius 2 is 1.75 bits per heavy atom. The average Bonchev–Trinajstić information content (AvgIpc) is 2.87. The molecule has 1 saturated carbocycles. The fraction of sp³-hybridized carbons (Fsp3) is 0.571. The Balaban J connectivity index is 2.11. The van der Waals surface area contributed by atoms with Crippen LogP contribution in [-0.2, 0) is 10.0 Å². The summed E-state index contributed by atoms with van der Waals surface area (Å²) in [5.41, 5.74) is -0.104. The Labute approximate surface area is 120 Å². The van der Waals surface area contributed by atoms with Gasteiger partial charge in [0.1, 0.15) is 5.82 Å². The van der Waals surface area contributed by atoms with E-state index in [0.29, 0.717) is 6.54 Å². The van der Waals surface area contributed by atoms with E-state index in [0.717, 1.165) is 37.8 Å². The van der Waals surface area contributed by atoms with E-state index in [1.165, 1.54) is 12.1 Å². The predicted octanol–water partition coefficient (Wildman–Crippen LogP) is 1.98. The Hall–Kier alpha value is -0.980. The summed E-state index contributed by atoms with van der Waals surface area (Å²) in [4.78, 5) is 2.21. The van der Waals surface area contributed by atoms with E-state index in [1.807, 2.05) is 14.1 Å². The fourth-order valence-electron chi connectivity index (χ4n) is 2.74. The van der Waals surface area contributed by atoms with Gasteiger partial charge >= 0.3 is 0 Å². The van der Waals surface area contributed by atoms with Crippen LogP contribution in [0.25, 0.3) is 0 Å². The van der Waals surface area contributed by atoms with Crippen molar-refractivity contribution in [1.29, 1.82) is 0 Å². The van der Waals surface area contributed by atoms with Crippen LogP contribution >= 0.6 is 0 Å². The van der Waals surface area contributed by atoms with Gasteiger partial charge in [0.25, 0.3) is 0 Å². The summed E-state index contributed by atoms with van der Waals surface area (Å²) in [5.74, 6) is -0.440. The molecule has 112 valence electrons. The average molecular weight is 300 g/mol. The number of nitrogens with zero attached hydrogens (tertiary/aromatic N) is 1. The van der Waals surface area contributed by atoms with Crippen molar-refractivity contribution in [3.8, 4) is 0 Å². The second kappa shape index (κ2) is 5.79. The molecular weight excluding hydrogens is 279 g/mol. The topological polar surface area (TPSA) is 49.4 Å². The maximum absolute atomic E-state index is 12.9. The molecule has 0 unspecified atom stereocenters. The SMILES string of the molecule is CN(C)C1(CNS(=O)(=O)c2ccc(F)cc2)CCCC1. The van der Waals surface area contributed by atoms with Crippen molar-refractivity contribution in [1.82, 2.24) is 9.62 Å². The van der Waals surface area contributed by atoms with Gasteiger partial charge in [-0.15, -0.1) is 0 Å². The van der Waals surface area contributed by atoms with Crippen molar-refractivity contribution in [3.05, 3.63) is 30.1 Å². The molecule has 0 radical (unpaired) electrons. The molecule has 0 atom stereocenters. The molecule has 2 rings (SSSR count). The molecular formula is C14H21FN2O2S. The van der Waals surface area contributed by atoms with Gasteiger partial charge in [0.05, 0.1) is 4.90 Å². The number of halogens is 1. The van der Waals surface area contributed by atoms with E-state index in [9.17, 15) is 12.8 Å². The molecule has 0 aromatic heterocycles. The highest BCUT2D eigenvalue weighted by atomic mass is 32.2. The number of rotatable bonds is 5. The van der Waals surface area contributed by atoms with Crippen LogP contribution in [-0.4, -0.2) is 39.5 Å². The largest absolute Gasteiger partial charge is 0.302 e. The molecule has 0 bridgehead atoms. The summed E-state index contributed by atoms with van der Waals surface area (Å²) in [7, 11) is 0.388. The van der Waals surface area contributed by atoms with E-state index in [2.05, 4.69) is 9.62 Å². The first kappa shape index (κ1) is 15.4. The lowest BCUT2D eigenvalue weighted by Crippen LogP contribution is -2.50. The highest BCUT2D eigenvalue weighted by Gasteiger charge is 2.36. The molecule has 0 amide bonds. The second-order valence-corrected chi connectivity index (χ2v) is 7.37. The van der Waals surface area contributed by atoms with Crippen LogP contribution in [0, 0.1) is 5.82 Å². The smallest absolute Gasteiger partial charge is 0.240 e. The number of hydrogen-bond acceptors (Lipinski definition) is 3. The Morgan fingerprint density at radius 1 is 1.20 bits per heavy atom. The van der Waals surface area contributed by atoms with Crippen LogP contribution in [0.4, 0.5) is 4.39 Å². The van der Waals surface area contributed by atoms with Crippen molar-refractivity contribution in [2.45, 2.75) is 36.1 Å². The molecule has 0 heterocycles. The van der Waals surface area contributed by atoms with E-state index in [-0.39, 0.29) is 10.4 Å². The zero-order valence-electron chi connectivity index (χ0n) is 11.9. The minimum atomic E-state index is -3.58. The summed E-state index contributed by atoms with van der Waals surface area (Å²) in [6.45, 7) is 0.389.